The summed E-state index contributed by atoms with van der Waals surface area (Å²) in [5.74, 6) is 0.0466. The third-order valence-corrected chi connectivity index (χ3v) is 8.21. The molecular weight excluding hydrogens is 554 g/mol. The van der Waals surface area contributed by atoms with Gasteiger partial charge in [0, 0.05) is 38.4 Å². The molecule has 1 aliphatic rings. The number of imidazole rings is 1. The van der Waals surface area contributed by atoms with Gasteiger partial charge in [0.15, 0.2) is 10.8 Å². The van der Waals surface area contributed by atoms with Crippen LogP contribution >= 0.6 is 0 Å². The van der Waals surface area contributed by atoms with E-state index in [-0.39, 0.29) is 47.6 Å². The monoisotopic (exact) mass is 589 g/mol. The summed E-state index contributed by atoms with van der Waals surface area (Å²) < 4.78 is 41.1. The number of carbonyl (C=O) groups excluding carboxylic acids is 2. The average molecular weight is 590 g/mol. The van der Waals surface area contributed by atoms with Crippen LogP contribution in [-0.4, -0.2) is 88.9 Å². The Kier molecular flexibility index (Phi) is 8.58. The second kappa shape index (κ2) is 11.8. The number of nitrogens with zero attached hydrogens (tertiary/aromatic N) is 5. The van der Waals surface area contributed by atoms with Crippen molar-refractivity contribution >= 4 is 33.3 Å². The van der Waals surface area contributed by atoms with Gasteiger partial charge in [0.1, 0.15) is 23.2 Å². The van der Waals surface area contributed by atoms with Crippen LogP contribution in [0, 0.1) is 19.8 Å². The summed E-state index contributed by atoms with van der Waals surface area (Å²) in [5.41, 5.74) is 1.30. The van der Waals surface area contributed by atoms with Gasteiger partial charge in [-0.3, -0.25) is 9.52 Å². The van der Waals surface area contributed by atoms with Gasteiger partial charge < -0.3 is 34.1 Å². The molecule has 0 unspecified atom stereocenters. The van der Waals surface area contributed by atoms with Crippen LogP contribution in [0.4, 0.5) is 16.2 Å². The molecule has 0 bridgehead atoms. The number of benzene rings is 1. The third kappa shape index (κ3) is 6.46. The predicted octanol–water partition coefficient (Wildman–Crippen LogP) is 2.21. The minimum absolute atomic E-state index is 0.117. The summed E-state index contributed by atoms with van der Waals surface area (Å²) in [6.07, 6.45) is 2.18. The minimum Gasteiger partial charge on any atom is -0.487 e. The third-order valence-electron chi connectivity index (χ3n) is 6.94. The van der Waals surface area contributed by atoms with Gasteiger partial charge in [-0.1, -0.05) is 12.1 Å². The molecule has 15 heteroatoms. The van der Waals surface area contributed by atoms with Crippen molar-refractivity contribution in [2.45, 2.75) is 44.9 Å². The second-order valence-electron chi connectivity index (χ2n) is 10.3. The normalized spacial score (nSPS) is 18.1. The number of likely N-dealkylation sites (N-methyl/N-ethyl adjacent to an activating group) is 1. The summed E-state index contributed by atoms with van der Waals surface area (Å²) >= 11 is 0. The molecule has 2 aromatic heterocycles. The lowest BCUT2D eigenvalue weighted by Gasteiger charge is -2.38. The Labute approximate surface area is 238 Å². The van der Waals surface area contributed by atoms with Crippen LogP contribution in [-0.2, 0) is 17.1 Å². The number of ether oxygens (including phenoxy) is 1. The molecule has 0 spiro atoms. The Bertz CT molecular complexity index is 1510. The first kappa shape index (κ1) is 29.9. The molecule has 3 N–H and O–H groups in total. The zero-order valence-corrected chi connectivity index (χ0v) is 24.6. The number of urea groups is 1. The van der Waals surface area contributed by atoms with Gasteiger partial charge in [0.05, 0.1) is 31.1 Å². The van der Waals surface area contributed by atoms with Gasteiger partial charge >= 0.3 is 6.03 Å². The molecular formula is C26H35N7O7S. The first-order valence-corrected chi connectivity index (χ1v) is 14.5. The van der Waals surface area contributed by atoms with E-state index in [4.69, 9.17) is 9.26 Å². The van der Waals surface area contributed by atoms with Crippen molar-refractivity contribution in [3.8, 4) is 5.75 Å². The zero-order valence-electron chi connectivity index (χ0n) is 23.8. The molecule has 0 radical (unpaired) electrons. The first-order valence-electron chi connectivity index (χ1n) is 13.0. The zero-order chi connectivity index (χ0) is 30.1. The number of sulfonamides is 1. The summed E-state index contributed by atoms with van der Waals surface area (Å²) in [6.45, 7) is 7.17. The maximum atomic E-state index is 13.7. The topological polar surface area (TPSA) is 172 Å². The van der Waals surface area contributed by atoms with Crippen molar-refractivity contribution < 1.29 is 32.4 Å². The maximum Gasteiger partial charge on any atom is 0.321 e. The van der Waals surface area contributed by atoms with E-state index < -0.39 is 34.1 Å². The van der Waals surface area contributed by atoms with E-state index in [2.05, 4.69) is 20.2 Å². The molecule has 3 heterocycles. The highest BCUT2D eigenvalue weighted by molar-refractivity contribution is 7.92. The molecule has 0 aliphatic carbocycles. The maximum absolute atomic E-state index is 13.7. The fourth-order valence-corrected chi connectivity index (χ4v) is 5.49. The van der Waals surface area contributed by atoms with Crippen LogP contribution in [0.1, 0.15) is 35.7 Å². The van der Waals surface area contributed by atoms with Crippen LogP contribution in [0.5, 0.6) is 5.75 Å². The standard InChI is InChI=1S/C26H35N7O7S/c1-15-10-33(16(2)13-34)25(35)20-9-19(30-41(37,38)23-12-31(5)14-27-23)7-8-21(20)39-22(15)11-32(6)26(36)28-24-17(3)29-40-18(24)4/h7-9,12,14-16,22,30,34H,10-11,13H2,1-6H3,(H,28,36)/t15-,16+,22-/m1/s1. The fourth-order valence-electron chi connectivity index (χ4n) is 4.46. The number of fused-ring (bicyclic) bond motifs is 1. The quantitative estimate of drug-likeness (QED) is 0.356. The number of anilines is 2. The molecule has 14 nitrogen and oxygen atoms in total. The molecule has 3 aromatic rings. The Balaban J connectivity index is 1.62. The minimum atomic E-state index is -4.01. The first-order chi connectivity index (χ1) is 19.3. The van der Waals surface area contributed by atoms with Gasteiger partial charge in [0.25, 0.3) is 15.9 Å². The summed E-state index contributed by atoms with van der Waals surface area (Å²) in [6, 6.07) is 3.49. The number of aliphatic hydroxyl groups is 1. The lowest BCUT2D eigenvalue weighted by molar-refractivity contribution is 0.0371. The van der Waals surface area contributed by atoms with Crippen LogP contribution < -0.4 is 14.8 Å². The number of hydrogen-bond donors (Lipinski definition) is 3. The van der Waals surface area contributed by atoms with E-state index in [0.29, 0.717) is 17.1 Å². The van der Waals surface area contributed by atoms with Gasteiger partial charge in [-0.05, 0) is 39.0 Å². The summed E-state index contributed by atoms with van der Waals surface area (Å²) in [5, 5.41) is 16.4. The number of aromatic nitrogens is 3. The van der Waals surface area contributed by atoms with Crippen LogP contribution in [0.2, 0.25) is 0 Å². The highest BCUT2D eigenvalue weighted by atomic mass is 32.2. The van der Waals surface area contributed by atoms with E-state index in [1.165, 1.54) is 45.1 Å². The molecule has 41 heavy (non-hydrogen) atoms. The van der Waals surface area contributed by atoms with Crippen LogP contribution in [0.3, 0.4) is 0 Å². The molecule has 0 saturated heterocycles. The summed E-state index contributed by atoms with van der Waals surface area (Å²) in [4.78, 5) is 33.5. The Hall–Kier alpha value is -4.11. The van der Waals surface area contributed by atoms with E-state index >= 15 is 0 Å². The Morgan fingerprint density at radius 3 is 2.66 bits per heavy atom. The number of amides is 3. The van der Waals surface area contributed by atoms with E-state index in [9.17, 15) is 23.1 Å². The molecule has 1 aliphatic heterocycles. The predicted molar refractivity (Wildman–Crippen MR) is 149 cm³/mol. The number of carbonyl (C=O) groups is 2. The number of aliphatic hydroxyl groups excluding tert-OH is 1. The highest BCUT2D eigenvalue weighted by Crippen LogP contribution is 2.31. The van der Waals surface area contributed by atoms with Crippen LogP contribution in [0.15, 0.2) is 40.3 Å². The van der Waals surface area contributed by atoms with Crippen molar-refractivity contribution in [3.05, 3.63) is 47.7 Å². The molecule has 4 rings (SSSR count). The van der Waals surface area contributed by atoms with Crippen molar-refractivity contribution in [1.29, 1.82) is 0 Å². The summed E-state index contributed by atoms with van der Waals surface area (Å²) in [7, 11) is -0.735. The van der Waals surface area contributed by atoms with Gasteiger partial charge in [-0.2, -0.15) is 8.42 Å². The number of nitrogens with one attached hydrogen (secondary N) is 2. The molecule has 3 atom stereocenters. The van der Waals surface area contributed by atoms with Gasteiger partial charge in [0.2, 0.25) is 0 Å². The van der Waals surface area contributed by atoms with Crippen molar-refractivity contribution in [2.75, 3.05) is 36.8 Å². The number of hydrogen-bond acceptors (Lipinski definition) is 9. The van der Waals surface area contributed by atoms with Crippen molar-refractivity contribution in [3.63, 3.8) is 0 Å². The second-order valence-corrected chi connectivity index (χ2v) is 12.0. The lowest BCUT2D eigenvalue weighted by atomic mass is 9.99. The Morgan fingerprint density at radius 2 is 2.05 bits per heavy atom. The SMILES string of the molecule is Cc1noc(C)c1NC(=O)N(C)C[C@H]1Oc2ccc(NS(=O)(=O)c3cn(C)cn3)cc2C(=O)N([C@@H](C)CO)C[C@H]1C. The largest absolute Gasteiger partial charge is 0.487 e. The van der Waals surface area contributed by atoms with E-state index in [0.717, 1.165) is 0 Å². The number of aryl methyl sites for hydroxylation is 3. The number of rotatable bonds is 8. The van der Waals surface area contributed by atoms with E-state index in [1.807, 2.05) is 6.92 Å². The van der Waals surface area contributed by atoms with E-state index in [1.54, 1.807) is 34.9 Å². The van der Waals surface area contributed by atoms with Crippen molar-refractivity contribution in [2.24, 2.45) is 13.0 Å². The molecule has 0 saturated carbocycles. The molecule has 1 aromatic carbocycles. The lowest BCUT2D eigenvalue weighted by Crippen LogP contribution is -2.50. The molecule has 3 amide bonds. The highest BCUT2D eigenvalue weighted by Gasteiger charge is 2.34. The fraction of sp³-hybridized carbons (Fsp3) is 0.462. The van der Waals surface area contributed by atoms with Gasteiger partial charge in [-0.25, -0.2) is 9.78 Å². The van der Waals surface area contributed by atoms with Crippen molar-refractivity contribution in [1.82, 2.24) is 24.5 Å². The smallest absolute Gasteiger partial charge is 0.321 e. The molecule has 0 fully saturated rings. The van der Waals surface area contributed by atoms with Gasteiger partial charge in [-0.15, -0.1) is 0 Å². The van der Waals surface area contributed by atoms with Crippen LogP contribution in [0.25, 0.3) is 0 Å². The average Bonchev–Trinajstić information content (AvgIpc) is 3.51. The Morgan fingerprint density at radius 1 is 1.32 bits per heavy atom. The molecule has 222 valence electrons.